The van der Waals surface area contributed by atoms with Crippen molar-refractivity contribution < 1.29 is 14.0 Å². The highest BCUT2D eigenvalue weighted by Crippen LogP contribution is 2.31. The van der Waals surface area contributed by atoms with E-state index in [0.29, 0.717) is 33.4 Å². The van der Waals surface area contributed by atoms with Crippen LogP contribution in [0.25, 0.3) is 22.2 Å². The van der Waals surface area contributed by atoms with Gasteiger partial charge in [0.05, 0.1) is 11.1 Å². The third-order valence-electron chi connectivity index (χ3n) is 5.00. The minimum Gasteiger partial charge on any atom is -0.366 e. The number of nitrogens with one attached hydrogen (secondary N) is 3. The molecule has 5 N–H and O–H groups in total. The van der Waals surface area contributed by atoms with E-state index in [0.717, 1.165) is 11.1 Å². The quantitative estimate of drug-likeness (QED) is 0.392. The number of anilines is 1. The number of primary amides is 1. The molecule has 156 valence electrons. The molecule has 0 saturated carbocycles. The molecule has 0 aliphatic rings. The number of rotatable bonds is 5. The number of aromatic amines is 1. The lowest BCUT2D eigenvalue weighted by Gasteiger charge is -2.11. The van der Waals surface area contributed by atoms with Crippen molar-refractivity contribution in [3.8, 4) is 11.3 Å². The van der Waals surface area contributed by atoms with E-state index in [1.807, 2.05) is 30.3 Å². The first-order chi connectivity index (χ1) is 14.9. The van der Waals surface area contributed by atoms with Crippen LogP contribution >= 0.6 is 0 Å². The van der Waals surface area contributed by atoms with Gasteiger partial charge in [0.15, 0.2) is 0 Å². The van der Waals surface area contributed by atoms with Gasteiger partial charge in [-0.2, -0.15) is 5.10 Å². The van der Waals surface area contributed by atoms with Gasteiger partial charge in [-0.05, 0) is 42.3 Å². The fourth-order valence-electron chi connectivity index (χ4n) is 3.40. The molecule has 1 aromatic heterocycles. The Hall–Kier alpha value is -4.20. The Balaban J connectivity index is 1.59. The number of urea groups is 1. The Kier molecular flexibility index (Phi) is 5.36. The largest absolute Gasteiger partial charge is 0.366 e. The molecule has 4 rings (SSSR count). The molecule has 3 amide bonds. The number of hydrogen-bond donors (Lipinski definition) is 4. The lowest BCUT2D eigenvalue weighted by molar-refractivity contribution is 0.100. The molecule has 1 heterocycles. The summed E-state index contributed by atoms with van der Waals surface area (Å²) in [6, 6.07) is 16.6. The van der Waals surface area contributed by atoms with E-state index in [1.54, 1.807) is 31.2 Å². The number of aryl methyl sites for hydroxylation is 1. The van der Waals surface area contributed by atoms with Crippen LogP contribution in [0.1, 0.15) is 21.5 Å². The number of amides is 3. The van der Waals surface area contributed by atoms with Gasteiger partial charge in [0.1, 0.15) is 11.5 Å². The first kappa shape index (κ1) is 20.1. The second kappa shape index (κ2) is 8.27. The van der Waals surface area contributed by atoms with Gasteiger partial charge in [-0.1, -0.05) is 36.4 Å². The summed E-state index contributed by atoms with van der Waals surface area (Å²) in [5.41, 5.74) is 9.57. The molecular formula is C23H20FN5O2. The number of aromatic nitrogens is 2. The molecule has 3 aromatic carbocycles. The molecule has 0 radical (unpaired) electrons. The molecule has 0 unspecified atom stereocenters. The zero-order chi connectivity index (χ0) is 22.0. The first-order valence-electron chi connectivity index (χ1n) is 9.60. The Bertz CT molecular complexity index is 1300. The predicted molar refractivity (Wildman–Crippen MR) is 117 cm³/mol. The fourth-order valence-corrected chi connectivity index (χ4v) is 3.40. The number of H-pyrrole nitrogens is 1. The fraction of sp³-hybridized carbons (Fsp3) is 0.0870. The molecule has 0 saturated heterocycles. The first-order valence-corrected chi connectivity index (χ1v) is 9.60. The van der Waals surface area contributed by atoms with Gasteiger partial charge in [-0.3, -0.25) is 9.89 Å². The molecule has 0 fully saturated rings. The van der Waals surface area contributed by atoms with E-state index in [4.69, 9.17) is 5.73 Å². The molecule has 7 nitrogen and oxygen atoms in total. The van der Waals surface area contributed by atoms with Crippen LogP contribution < -0.4 is 16.4 Å². The minimum absolute atomic E-state index is 0.198. The summed E-state index contributed by atoms with van der Waals surface area (Å²) >= 11 is 0. The van der Waals surface area contributed by atoms with Crippen LogP contribution in [-0.4, -0.2) is 22.1 Å². The molecule has 31 heavy (non-hydrogen) atoms. The molecular weight excluding hydrogens is 397 g/mol. The van der Waals surface area contributed by atoms with Crippen LogP contribution in [0.15, 0.2) is 60.7 Å². The third-order valence-corrected chi connectivity index (χ3v) is 5.00. The van der Waals surface area contributed by atoms with Crippen molar-refractivity contribution >= 4 is 28.5 Å². The zero-order valence-corrected chi connectivity index (χ0v) is 16.7. The maximum absolute atomic E-state index is 13.7. The molecule has 0 bridgehead atoms. The van der Waals surface area contributed by atoms with E-state index in [-0.39, 0.29) is 12.4 Å². The average Bonchev–Trinajstić information content (AvgIpc) is 3.19. The van der Waals surface area contributed by atoms with Crippen molar-refractivity contribution in [1.82, 2.24) is 15.5 Å². The van der Waals surface area contributed by atoms with Crippen LogP contribution in [0.3, 0.4) is 0 Å². The topological polar surface area (TPSA) is 113 Å². The lowest BCUT2D eigenvalue weighted by Crippen LogP contribution is -2.28. The van der Waals surface area contributed by atoms with E-state index in [2.05, 4.69) is 20.8 Å². The maximum Gasteiger partial charge on any atom is 0.319 e. The number of carbonyl (C=O) groups excluding carboxylic acids is 2. The van der Waals surface area contributed by atoms with Gasteiger partial charge in [0.25, 0.3) is 0 Å². The Morgan fingerprint density at radius 1 is 1.10 bits per heavy atom. The summed E-state index contributed by atoms with van der Waals surface area (Å²) in [7, 11) is 0. The highest BCUT2D eigenvalue weighted by Gasteiger charge is 2.17. The van der Waals surface area contributed by atoms with Gasteiger partial charge in [0.2, 0.25) is 5.91 Å². The highest BCUT2D eigenvalue weighted by molar-refractivity contribution is 6.10. The second-order valence-corrected chi connectivity index (χ2v) is 7.09. The number of carbonyl (C=O) groups is 2. The van der Waals surface area contributed by atoms with Crippen molar-refractivity contribution in [2.45, 2.75) is 13.5 Å². The highest BCUT2D eigenvalue weighted by atomic mass is 19.1. The van der Waals surface area contributed by atoms with Crippen LogP contribution in [0.2, 0.25) is 0 Å². The molecule has 0 aliphatic heterocycles. The molecule has 0 spiro atoms. The second-order valence-electron chi connectivity index (χ2n) is 7.09. The van der Waals surface area contributed by atoms with Crippen molar-refractivity contribution in [2.24, 2.45) is 5.73 Å². The number of fused-ring (bicyclic) bond motifs is 1. The number of hydrogen-bond acceptors (Lipinski definition) is 3. The van der Waals surface area contributed by atoms with Crippen LogP contribution in [0.5, 0.6) is 0 Å². The van der Waals surface area contributed by atoms with Crippen molar-refractivity contribution in [3.63, 3.8) is 0 Å². The molecule has 0 atom stereocenters. The Morgan fingerprint density at radius 2 is 1.90 bits per heavy atom. The molecule has 0 aliphatic carbocycles. The molecule has 8 heteroatoms. The van der Waals surface area contributed by atoms with Crippen molar-refractivity contribution in [1.29, 1.82) is 0 Å². The minimum atomic E-state index is -0.548. The monoisotopic (exact) mass is 417 g/mol. The Morgan fingerprint density at radius 3 is 2.68 bits per heavy atom. The van der Waals surface area contributed by atoms with Gasteiger partial charge in [0, 0.05) is 23.2 Å². The van der Waals surface area contributed by atoms with Gasteiger partial charge < -0.3 is 16.4 Å². The van der Waals surface area contributed by atoms with Gasteiger partial charge >= 0.3 is 6.03 Å². The molecule has 4 aromatic rings. The van der Waals surface area contributed by atoms with Crippen molar-refractivity contribution in [3.05, 3.63) is 83.2 Å². The third kappa shape index (κ3) is 4.09. The number of nitrogens with two attached hydrogens (primary N) is 1. The van der Waals surface area contributed by atoms with E-state index < -0.39 is 11.9 Å². The van der Waals surface area contributed by atoms with Crippen LogP contribution in [0.4, 0.5) is 14.9 Å². The van der Waals surface area contributed by atoms with E-state index in [9.17, 15) is 14.0 Å². The Labute approximate surface area is 177 Å². The summed E-state index contributed by atoms with van der Waals surface area (Å²) in [6.45, 7) is 1.85. The SMILES string of the molecule is Cc1ccc(NC(=O)NCc2ccccc2-c2n[nH]c3cccc(C(N)=O)c23)cc1F. The standard InChI is InChI=1S/C23H20FN5O2/c1-13-9-10-15(11-18(13)24)27-23(31)26-12-14-5-2-3-6-16(14)21-20-17(22(25)30)7-4-8-19(20)28-29-21/h2-11H,12H2,1H3,(H2,25,30)(H,28,29)(H2,26,27,31). The normalized spacial score (nSPS) is 10.8. The number of halogens is 1. The smallest absolute Gasteiger partial charge is 0.319 e. The zero-order valence-electron chi connectivity index (χ0n) is 16.7. The van der Waals surface area contributed by atoms with Gasteiger partial charge in [-0.15, -0.1) is 0 Å². The van der Waals surface area contributed by atoms with Gasteiger partial charge in [-0.25, -0.2) is 9.18 Å². The summed E-state index contributed by atoms with van der Waals surface area (Å²) < 4.78 is 13.7. The summed E-state index contributed by atoms with van der Waals surface area (Å²) in [6.07, 6.45) is 0. The van der Waals surface area contributed by atoms with E-state index in [1.165, 1.54) is 6.07 Å². The summed E-state index contributed by atoms with van der Waals surface area (Å²) in [5, 5.41) is 13.3. The van der Waals surface area contributed by atoms with Crippen LogP contribution in [0, 0.1) is 12.7 Å². The maximum atomic E-state index is 13.7. The van der Waals surface area contributed by atoms with Crippen LogP contribution in [-0.2, 0) is 6.54 Å². The average molecular weight is 417 g/mol. The summed E-state index contributed by atoms with van der Waals surface area (Å²) in [4.78, 5) is 24.2. The number of benzene rings is 3. The lowest BCUT2D eigenvalue weighted by atomic mass is 9.99. The van der Waals surface area contributed by atoms with Crippen molar-refractivity contribution in [2.75, 3.05) is 5.32 Å². The van der Waals surface area contributed by atoms with E-state index >= 15 is 0 Å². The number of nitrogens with zero attached hydrogens (tertiary/aromatic N) is 1. The summed E-state index contributed by atoms with van der Waals surface area (Å²) in [5.74, 6) is -0.938. The predicted octanol–water partition coefficient (Wildman–Crippen LogP) is 4.10.